The highest BCUT2D eigenvalue weighted by atomic mass is 32.1. The van der Waals surface area contributed by atoms with Crippen LogP contribution in [-0.4, -0.2) is 30.6 Å². The highest BCUT2D eigenvalue weighted by Crippen LogP contribution is 2.18. The number of rotatable bonds is 5. The Morgan fingerprint density at radius 1 is 1.24 bits per heavy atom. The van der Waals surface area contributed by atoms with Gasteiger partial charge >= 0.3 is 0 Å². The maximum atomic E-state index is 3.68. The molecule has 21 heavy (non-hydrogen) atoms. The zero-order chi connectivity index (χ0) is 14.7. The van der Waals surface area contributed by atoms with Crippen LogP contribution < -0.4 is 5.32 Å². The molecule has 1 aromatic carbocycles. The monoisotopic (exact) mass is 300 g/mol. The summed E-state index contributed by atoms with van der Waals surface area (Å²) in [5.41, 5.74) is 2.98. The van der Waals surface area contributed by atoms with Crippen LogP contribution in [0, 0.1) is 0 Å². The summed E-state index contributed by atoms with van der Waals surface area (Å²) in [5, 5.41) is 5.85. The smallest absolute Gasteiger partial charge is 0.0238 e. The molecule has 0 radical (unpaired) electrons. The minimum Gasteiger partial charge on any atom is -0.308 e. The molecule has 112 valence electrons. The molecule has 0 spiro atoms. The van der Waals surface area contributed by atoms with Crippen molar-refractivity contribution in [3.8, 4) is 0 Å². The number of nitrogens with zero attached hydrogens (tertiary/aromatic N) is 1. The summed E-state index contributed by atoms with van der Waals surface area (Å²) >= 11 is 1.86. The third kappa shape index (κ3) is 3.73. The molecule has 0 fully saturated rings. The van der Waals surface area contributed by atoms with Gasteiger partial charge in [0.25, 0.3) is 0 Å². The van der Waals surface area contributed by atoms with Crippen molar-refractivity contribution < 1.29 is 0 Å². The van der Waals surface area contributed by atoms with Crippen LogP contribution in [0.15, 0.2) is 41.8 Å². The van der Waals surface area contributed by atoms with Gasteiger partial charge in [-0.2, -0.15) is 0 Å². The van der Waals surface area contributed by atoms with Gasteiger partial charge in [0, 0.05) is 30.1 Å². The maximum Gasteiger partial charge on any atom is 0.0238 e. The SMILES string of the molecule is CC(Cc1cccs1)N(C)CC1Cc2ccccc2CN1. The molecule has 0 bridgehead atoms. The van der Waals surface area contributed by atoms with Crippen molar-refractivity contribution in [2.75, 3.05) is 13.6 Å². The molecule has 0 saturated heterocycles. The zero-order valence-electron chi connectivity index (χ0n) is 12.9. The van der Waals surface area contributed by atoms with E-state index in [0.717, 1.165) is 25.9 Å². The zero-order valence-corrected chi connectivity index (χ0v) is 13.7. The Bertz CT molecular complexity index is 564. The van der Waals surface area contributed by atoms with Crippen molar-refractivity contribution in [2.45, 2.75) is 38.4 Å². The Labute approximate surface area is 131 Å². The molecule has 1 aromatic heterocycles. The van der Waals surface area contributed by atoms with Crippen LogP contribution in [0.2, 0.25) is 0 Å². The first-order chi connectivity index (χ1) is 10.2. The van der Waals surface area contributed by atoms with Crippen molar-refractivity contribution in [1.82, 2.24) is 10.2 Å². The Kier molecular flexibility index (Phi) is 4.73. The topological polar surface area (TPSA) is 15.3 Å². The summed E-state index contributed by atoms with van der Waals surface area (Å²) in [7, 11) is 2.25. The number of fused-ring (bicyclic) bond motifs is 1. The van der Waals surface area contributed by atoms with Gasteiger partial charge in [0.2, 0.25) is 0 Å². The second-order valence-electron chi connectivity index (χ2n) is 6.12. The van der Waals surface area contributed by atoms with Crippen LogP contribution in [-0.2, 0) is 19.4 Å². The van der Waals surface area contributed by atoms with E-state index in [4.69, 9.17) is 0 Å². The number of hydrogen-bond acceptors (Lipinski definition) is 3. The van der Waals surface area contributed by atoms with Gasteiger partial charge in [0.15, 0.2) is 0 Å². The first-order valence-corrected chi connectivity index (χ1v) is 8.63. The second-order valence-corrected chi connectivity index (χ2v) is 7.15. The number of nitrogens with one attached hydrogen (secondary N) is 1. The van der Waals surface area contributed by atoms with E-state index in [0.29, 0.717) is 12.1 Å². The Morgan fingerprint density at radius 3 is 2.81 bits per heavy atom. The van der Waals surface area contributed by atoms with Crippen molar-refractivity contribution in [3.63, 3.8) is 0 Å². The summed E-state index contributed by atoms with van der Waals surface area (Å²) in [4.78, 5) is 3.97. The lowest BCUT2D eigenvalue weighted by molar-refractivity contribution is 0.223. The Morgan fingerprint density at radius 2 is 2.05 bits per heavy atom. The van der Waals surface area contributed by atoms with Gasteiger partial charge in [-0.1, -0.05) is 30.3 Å². The van der Waals surface area contributed by atoms with Crippen LogP contribution in [0.5, 0.6) is 0 Å². The number of hydrogen-bond donors (Lipinski definition) is 1. The van der Waals surface area contributed by atoms with Crippen LogP contribution in [0.4, 0.5) is 0 Å². The molecule has 1 aliphatic rings. The molecule has 0 amide bonds. The average molecular weight is 300 g/mol. The number of likely N-dealkylation sites (N-methyl/N-ethyl adjacent to an activating group) is 1. The summed E-state index contributed by atoms with van der Waals surface area (Å²) in [5.74, 6) is 0. The lowest BCUT2D eigenvalue weighted by atomic mass is 9.95. The van der Waals surface area contributed by atoms with E-state index in [2.05, 4.69) is 66.0 Å². The van der Waals surface area contributed by atoms with Crippen molar-refractivity contribution in [2.24, 2.45) is 0 Å². The molecule has 1 N–H and O–H groups in total. The van der Waals surface area contributed by atoms with Gasteiger partial charge in [0.1, 0.15) is 0 Å². The van der Waals surface area contributed by atoms with E-state index in [1.54, 1.807) is 0 Å². The molecule has 1 aliphatic heterocycles. The predicted molar refractivity (Wildman–Crippen MR) is 90.9 cm³/mol. The van der Waals surface area contributed by atoms with Crippen molar-refractivity contribution in [3.05, 3.63) is 57.8 Å². The summed E-state index contributed by atoms with van der Waals surface area (Å²) in [6.07, 6.45) is 2.30. The molecule has 2 aromatic rings. The van der Waals surface area contributed by atoms with Gasteiger partial charge < -0.3 is 10.2 Å². The third-order valence-corrected chi connectivity index (χ3v) is 5.40. The fourth-order valence-electron chi connectivity index (χ4n) is 3.05. The first-order valence-electron chi connectivity index (χ1n) is 7.75. The van der Waals surface area contributed by atoms with Crippen LogP contribution in [0.25, 0.3) is 0 Å². The Hall–Kier alpha value is -1.16. The highest BCUT2D eigenvalue weighted by molar-refractivity contribution is 7.09. The second kappa shape index (κ2) is 6.73. The third-order valence-electron chi connectivity index (χ3n) is 4.50. The van der Waals surface area contributed by atoms with Crippen LogP contribution in [0.1, 0.15) is 22.9 Å². The van der Waals surface area contributed by atoms with Gasteiger partial charge in [-0.05, 0) is 49.4 Å². The van der Waals surface area contributed by atoms with Crippen molar-refractivity contribution >= 4 is 11.3 Å². The van der Waals surface area contributed by atoms with Crippen molar-refractivity contribution in [1.29, 1.82) is 0 Å². The van der Waals surface area contributed by atoms with E-state index in [1.807, 2.05) is 11.3 Å². The van der Waals surface area contributed by atoms with Gasteiger partial charge in [-0.3, -0.25) is 0 Å². The molecule has 2 nitrogen and oxygen atoms in total. The van der Waals surface area contributed by atoms with Gasteiger partial charge in [0.05, 0.1) is 0 Å². The molecule has 2 heterocycles. The molecule has 0 aliphatic carbocycles. The first kappa shape index (κ1) is 14.8. The molecule has 2 unspecified atom stereocenters. The van der Waals surface area contributed by atoms with Gasteiger partial charge in [-0.25, -0.2) is 0 Å². The van der Waals surface area contributed by atoms with E-state index < -0.39 is 0 Å². The normalized spacial score (nSPS) is 19.5. The maximum absolute atomic E-state index is 3.68. The minimum absolute atomic E-state index is 0.565. The standard InChI is InChI=1S/C18H24N2S/c1-14(10-18-8-5-9-21-18)20(2)13-17-11-15-6-3-4-7-16(15)12-19-17/h3-9,14,17,19H,10-13H2,1-2H3. The molecular weight excluding hydrogens is 276 g/mol. The van der Waals surface area contributed by atoms with E-state index in [1.165, 1.54) is 16.0 Å². The average Bonchev–Trinajstić information content (AvgIpc) is 3.00. The van der Waals surface area contributed by atoms with E-state index in [9.17, 15) is 0 Å². The molecule has 2 atom stereocenters. The quantitative estimate of drug-likeness (QED) is 0.911. The summed E-state index contributed by atoms with van der Waals surface area (Å²) in [6, 6.07) is 14.3. The van der Waals surface area contributed by atoms with E-state index in [-0.39, 0.29) is 0 Å². The Balaban J connectivity index is 1.54. The molecule has 0 saturated carbocycles. The lowest BCUT2D eigenvalue weighted by Gasteiger charge is -2.32. The largest absolute Gasteiger partial charge is 0.308 e. The highest BCUT2D eigenvalue weighted by Gasteiger charge is 2.20. The minimum atomic E-state index is 0.565. The molecule has 3 rings (SSSR count). The molecular formula is C18H24N2S. The fourth-order valence-corrected chi connectivity index (χ4v) is 3.88. The lowest BCUT2D eigenvalue weighted by Crippen LogP contribution is -2.46. The predicted octanol–water partition coefficient (Wildman–Crippen LogP) is 3.33. The van der Waals surface area contributed by atoms with E-state index >= 15 is 0 Å². The van der Waals surface area contributed by atoms with Crippen LogP contribution >= 0.6 is 11.3 Å². The van der Waals surface area contributed by atoms with Crippen LogP contribution in [0.3, 0.4) is 0 Å². The molecule has 3 heteroatoms. The number of benzene rings is 1. The summed E-state index contributed by atoms with van der Waals surface area (Å²) < 4.78 is 0. The number of thiophene rings is 1. The van der Waals surface area contributed by atoms with Gasteiger partial charge in [-0.15, -0.1) is 11.3 Å². The fraction of sp³-hybridized carbons (Fsp3) is 0.444. The summed E-state index contributed by atoms with van der Waals surface area (Å²) in [6.45, 7) is 4.45.